The fourth-order valence-corrected chi connectivity index (χ4v) is 3.89. The van der Waals surface area contributed by atoms with Gasteiger partial charge in [-0.05, 0) is 57.5 Å². The van der Waals surface area contributed by atoms with Crippen LogP contribution in [0.25, 0.3) is 0 Å². The summed E-state index contributed by atoms with van der Waals surface area (Å²) in [7, 11) is 0. The van der Waals surface area contributed by atoms with Gasteiger partial charge in [-0.15, -0.1) is 0 Å². The van der Waals surface area contributed by atoms with Gasteiger partial charge in [0.1, 0.15) is 0 Å². The molecule has 2 nitrogen and oxygen atoms in total. The van der Waals surface area contributed by atoms with E-state index in [0.29, 0.717) is 0 Å². The molecule has 2 saturated heterocycles. The molecule has 0 spiro atoms. The molecule has 3 rings (SSSR count). The topological polar surface area (TPSA) is 15.3 Å². The molecule has 1 aliphatic carbocycles. The molecule has 2 heterocycles. The van der Waals surface area contributed by atoms with Gasteiger partial charge in [0.2, 0.25) is 0 Å². The van der Waals surface area contributed by atoms with Crippen molar-refractivity contribution in [1.29, 1.82) is 0 Å². The van der Waals surface area contributed by atoms with Crippen molar-refractivity contribution in [2.75, 3.05) is 13.1 Å². The van der Waals surface area contributed by atoms with Gasteiger partial charge < -0.3 is 5.32 Å². The molecule has 17 heavy (non-hydrogen) atoms. The van der Waals surface area contributed by atoms with E-state index in [0.717, 1.165) is 24.0 Å². The summed E-state index contributed by atoms with van der Waals surface area (Å²) < 4.78 is 0. The molecular formula is C15H28N2. The molecule has 2 aliphatic heterocycles. The van der Waals surface area contributed by atoms with E-state index >= 15 is 0 Å². The highest BCUT2D eigenvalue weighted by atomic mass is 15.2. The van der Waals surface area contributed by atoms with Crippen molar-refractivity contribution in [3.8, 4) is 0 Å². The summed E-state index contributed by atoms with van der Waals surface area (Å²) in [6.45, 7) is 4.89. The van der Waals surface area contributed by atoms with Gasteiger partial charge in [0.25, 0.3) is 0 Å². The van der Waals surface area contributed by atoms with Crippen LogP contribution in [0.15, 0.2) is 0 Å². The summed E-state index contributed by atoms with van der Waals surface area (Å²) in [4.78, 5) is 2.86. The number of nitrogens with one attached hydrogen (secondary N) is 1. The van der Waals surface area contributed by atoms with Crippen molar-refractivity contribution in [3.63, 3.8) is 0 Å². The second-order valence-electron chi connectivity index (χ2n) is 6.48. The van der Waals surface area contributed by atoms with E-state index in [4.69, 9.17) is 0 Å². The summed E-state index contributed by atoms with van der Waals surface area (Å²) in [6.07, 6.45) is 11.6. The second-order valence-corrected chi connectivity index (χ2v) is 6.48. The monoisotopic (exact) mass is 236 g/mol. The number of hydrogen-bond acceptors (Lipinski definition) is 2. The average molecular weight is 236 g/mol. The lowest BCUT2D eigenvalue weighted by molar-refractivity contribution is 0.114. The Bertz CT molecular complexity index is 235. The first-order valence-corrected chi connectivity index (χ1v) is 7.86. The van der Waals surface area contributed by atoms with Crippen molar-refractivity contribution in [1.82, 2.24) is 10.2 Å². The van der Waals surface area contributed by atoms with Gasteiger partial charge in [-0.2, -0.15) is 0 Å². The summed E-state index contributed by atoms with van der Waals surface area (Å²) in [6, 6.07) is 2.66. The number of rotatable bonds is 6. The molecule has 0 aromatic carbocycles. The molecule has 0 aromatic heterocycles. The number of piperidine rings is 1. The molecule has 2 heteroatoms. The first-order chi connectivity index (χ1) is 8.36. The Balaban J connectivity index is 1.48. The third-order valence-electron chi connectivity index (χ3n) is 5.06. The number of hydrogen-bond donors (Lipinski definition) is 1. The van der Waals surface area contributed by atoms with E-state index in [1.54, 1.807) is 0 Å². The number of fused-ring (bicyclic) bond motifs is 2. The van der Waals surface area contributed by atoms with Crippen molar-refractivity contribution >= 4 is 0 Å². The standard InChI is InChI=1S/C15H28N2/c1-2-8-16-13-10-14-5-6-15(11-13)17(14)9-7-12-3-4-12/h12-16H,2-11H2,1H3. The molecule has 2 bridgehead atoms. The third kappa shape index (κ3) is 2.85. The maximum Gasteiger partial charge on any atom is 0.0114 e. The van der Waals surface area contributed by atoms with Crippen LogP contribution >= 0.6 is 0 Å². The minimum absolute atomic E-state index is 0.824. The highest BCUT2D eigenvalue weighted by Crippen LogP contribution is 2.38. The molecule has 0 amide bonds. The van der Waals surface area contributed by atoms with Crippen LogP contribution < -0.4 is 5.32 Å². The van der Waals surface area contributed by atoms with E-state index in [1.807, 2.05) is 0 Å². The van der Waals surface area contributed by atoms with Crippen LogP contribution in [0.4, 0.5) is 0 Å². The van der Waals surface area contributed by atoms with Gasteiger partial charge in [0, 0.05) is 18.1 Å². The van der Waals surface area contributed by atoms with Crippen LogP contribution in [-0.2, 0) is 0 Å². The van der Waals surface area contributed by atoms with Crippen molar-refractivity contribution in [2.45, 2.75) is 76.4 Å². The van der Waals surface area contributed by atoms with Crippen molar-refractivity contribution < 1.29 is 0 Å². The Hall–Kier alpha value is -0.0800. The molecule has 1 saturated carbocycles. The van der Waals surface area contributed by atoms with Gasteiger partial charge in [-0.3, -0.25) is 4.90 Å². The largest absolute Gasteiger partial charge is 0.314 e. The van der Waals surface area contributed by atoms with Crippen LogP contribution in [0.1, 0.15) is 58.3 Å². The Morgan fingerprint density at radius 2 is 1.76 bits per heavy atom. The van der Waals surface area contributed by atoms with Gasteiger partial charge in [0.05, 0.1) is 0 Å². The summed E-state index contributed by atoms with van der Waals surface area (Å²) in [5, 5.41) is 3.74. The number of nitrogens with zero attached hydrogens (tertiary/aromatic N) is 1. The lowest BCUT2D eigenvalue weighted by Crippen LogP contribution is -2.49. The molecule has 3 fully saturated rings. The summed E-state index contributed by atoms with van der Waals surface area (Å²) >= 11 is 0. The zero-order valence-electron chi connectivity index (χ0n) is 11.3. The normalized spacial score (nSPS) is 37.6. The van der Waals surface area contributed by atoms with Crippen LogP contribution in [0.5, 0.6) is 0 Å². The summed E-state index contributed by atoms with van der Waals surface area (Å²) in [5.74, 6) is 1.10. The predicted octanol–water partition coefficient (Wildman–Crippen LogP) is 2.78. The minimum atomic E-state index is 0.824. The first kappa shape index (κ1) is 12.0. The molecule has 1 N–H and O–H groups in total. The lowest BCUT2D eigenvalue weighted by Gasteiger charge is -2.39. The van der Waals surface area contributed by atoms with Gasteiger partial charge in [0.15, 0.2) is 0 Å². The highest BCUT2D eigenvalue weighted by molar-refractivity contribution is 4.97. The Morgan fingerprint density at radius 3 is 2.35 bits per heavy atom. The molecule has 2 unspecified atom stereocenters. The molecule has 3 aliphatic rings. The predicted molar refractivity (Wildman–Crippen MR) is 72.2 cm³/mol. The second kappa shape index (κ2) is 5.27. The summed E-state index contributed by atoms with van der Waals surface area (Å²) in [5.41, 5.74) is 0. The fourth-order valence-electron chi connectivity index (χ4n) is 3.89. The minimum Gasteiger partial charge on any atom is -0.314 e. The van der Waals surface area contributed by atoms with E-state index < -0.39 is 0 Å². The lowest BCUT2D eigenvalue weighted by atomic mass is 9.96. The quantitative estimate of drug-likeness (QED) is 0.763. The van der Waals surface area contributed by atoms with E-state index in [-0.39, 0.29) is 0 Å². The maximum atomic E-state index is 3.74. The van der Waals surface area contributed by atoms with Gasteiger partial charge in [-0.25, -0.2) is 0 Å². The fraction of sp³-hybridized carbons (Fsp3) is 1.00. The van der Waals surface area contributed by atoms with Gasteiger partial charge in [-0.1, -0.05) is 19.8 Å². The average Bonchev–Trinajstić information content (AvgIpc) is 3.12. The molecule has 0 aromatic rings. The van der Waals surface area contributed by atoms with Crippen LogP contribution in [0, 0.1) is 5.92 Å². The Kier molecular flexibility index (Phi) is 3.72. The molecule has 0 radical (unpaired) electrons. The van der Waals surface area contributed by atoms with E-state index in [9.17, 15) is 0 Å². The molecule has 2 atom stereocenters. The third-order valence-corrected chi connectivity index (χ3v) is 5.06. The van der Waals surface area contributed by atoms with Crippen LogP contribution in [0.2, 0.25) is 0 Å². The zero-order chi connectivity index (χ0) is 11.7. The molecule has 98 valence electrons. The first-order valence-electron chi connectivity index (χ1n) is 7.86. The van der Waals surface area contributed by atoms with Crippen molar-refractivity contribution in [2.24, 2.45) is 5.92 Å². The highest BCUT2D eigenvalue weighted by Gasteiger charge is 2.40. The smallest absolute Gasteiger partial charge is 0.0114 e. The van der Waals surface area contributed by atoms with E-state index in [1.165, 1.54) is 64.5 Å². The van der Waals surface area contributed by atoms with E-state index in [2.05, 4.69) is 17.1 Å². The molecular weight excluding hydrogens is 208 g/mol. The maximum absolute atomic E-state index is 3.74. The van der Waals surface area contributed by atoms with Gasteiger partial charge >= 0.3 is 0 Å². The van der Waals surface area contributed by atoms with Crippen LogP contribution in [0.3, 0.4) is 0 Å². The van der Waals surface area contributed by atoms with Crippen molar-refractivity contribution in [3.05, 3.63) is 0 Å². The Morgan fingerprint density at radius 1 is 1.06 bits per heavy atom. The van der Waals surface area contributed by atoms with Crippen LogP contribution in [-0.4, -0.2) is 36.1 Å². The Labute approximate surface area is 106 Å². The SMILES string of the molecule is CCCNC1CC2CCC(C1)N2CCC1CC1. The zero-order valence-corrected chi connectivity index (χ0v) is 11.3.